The van der Waals surface area contributed by atoms with Gasteiger partial charge in [-0.05, 0) is 22.6 Å². The van der Waals surface area contributed by atoms with Gasteiger partial charge in [-0.1, -0.05) is 0 Å². The predicted octanol–water partition coefficient (Wildman–Crippen LogP) is -0.350. The zero-order chi connectivity index (χ0) is 9.54. The van der Waals surface area contributed by atoms with E-state index in [1.165, 1.54) is 4.63 Å². The molecule has 14 heavy (non-hydrogen) atoms. The lowest BCUT2D eigenvalue weighted by Crippen LogP contribution is -2.01. The number of anilines is 1. The van der Waals surface area contributed by atoms with Crippen LogP contribution in [0.25, 0.3) is 16.6 Å². The molecule has 3 rings (SSSR count). The van der Waals surface area contributed by atoms with Crippen LogP contribution in [0.1, 0.15) is 0 Å². The van der Waals surface area contributed by atoms with E-state index in [1.54, 1.807) is 12.3 Å². The Morgan fingerprint density at radius 3 is 3.21 bits per heavy atom. The zero-order valence-electron chi connectivity index (χ0n) is 6.99. The average Bonchev–Trinajstić information content (AvgIpc) is 2.66. The lowest BCUT2D eigenvalue weighted by atomic mass is 10.3. The van der Waals surface area contributed by atoms with Crippen molar-refractivity contribution < 1.29 is 0 Å². The van der Waals surface area contributed by atoms with Crippen molar-refractivity contribution in [1.82, 2.24) is 30.2 Å². The molecule has 7 heteroatoms. The fourth-order valence-electron chi connectivity index (χ4n) is 1.34. The van der Waals surface area contributed by atoms with Crippen molar-refractivity contribution >= 4 is 22.4 Å². The molecular weight excluding hydrogens is 182 g/mol. The topological polar surface area (TPSA) is 94.9 Å². The van der Waals surface area contributed by atoms with Crippen molar-refractivity contribution in [2.24, 2.45) is 0 Å². The molecule has 0 fully saturated rings. The van der Waals surface area contributed by atoms with E-state index < -0.39 is 0 Å². The second-order valence-electron chi connectivity index (χ2n) is 2.78. The van der Waals surface area contributed by atoms with Crippen molar-refractivity contribution in [3.05, 3.63) is 18.3 Å². The number of hydrogen-bond acceptors (Lipinski definition) is 6. The summed E-state index contributed by atoms with van der Waals surface area (Å²) in [5, 5.41) is 15.7. The third-order valence-electron chi connectivity index (χ3n) is 1.95. The first-order valence-corrected chi connectivity index (χ1v) is 3.95. The normalized spacial score (nSPS) is 11.1. The van der Waals surface area contributed by atoms with Crippen LogP contribution in [0, 0.1) is 0 Å². The molecule has 0 aliphatic rings. The molecule has 3 aromatic rings. The lowest BCUT2D eigenvalue weighted by Gasteiger charge is -1.99. The fourth-order valence-corrected chi connectivity index (χ4v) is 1.34. The van der Waals surface area contributed by atoms with Gasteiger partial charge in [0.05, 0.1) is 0 Å². The summed E-state index contributed by atoms with van der Waals surface area (Å²) in [7, 11) is 0. The molecule has 7 nitrogen and oxygen atoms in total. The summed E-state index contributed by atoms with van der Waals surface area (Å²) in [5.41, 5.74) is 6.88. The third kappa shape index (κ3) is 0.777. The SMILES string of the molecule is Nc1nn2nnnc2c2ncccc12. The van der Waals surface area contributed by atoms with Gasteiger partial charge in [-0.2, -0.15) is 0 Å². The van der Waals surface area contributed by atoms with Gasteiger partial charge < -0.3 is 5.73 Å². The molecule has 0 spiro atoms. The van der Waals surface area contributed by atoms with Gasteiger partial charge in [-0.25, -0.2) is 0 Å². The van der Waals surface area contributed by atoms with E-state index >= 15 is 0 Å². The first kappa shape index (κ1) is 7.13. The first-order chi connectivity index (χ1) is 6.86. The molecule has 3 aromatic heterocycles. The molecular formula is C7H5N7. The minimum Gasteiger partial charge on any atom is -0.382 e. The Kier molecular flexibility index (Phi) is 1.19. The van der Waals surface area contributed by atoms with E-state index in [-0.39, 0.29) is 0 Å². The number of pyridine rings is 1. The first-order valence-electron chi connectivity index (χ1n) is 3.95. The van der Waals surface area contributed by atoms with Crippen LogP contribution in [0.5, 0.6) is 0 Å². The highest BCUT2D eigenvalue weighted by Crippen LogP contribution is 2.18. The minimum atomic E-state index is 0.368. The number of nitrogens with zero attached hydrogens (tertiary/aromatic N) is 6. The number of nitrogen functional groups attached to an aromatic ring is 1. The molecule has 0 saturated heterocycles. The Labute approximate surface area is 77.5 Å². The van der Waals surface area contributed by atoms with E-state index in [0.29, 0.717) is 17.0 Å². The summed E-state index contributed by atoms with van der Waals surface area (Å²) in [5.74, 6) is 0.368. The number of tetrazole rings is 1. The largest absolute Gasteiger partial charge is 0.382 e. The Morgan fingerprint density at radius 2 is 2.29 bits per heavy atom. The summed E-state index contributed by atoms with van der Waals surface area (Å²) in [6, 6.07) is 3.63. The maximum Gasteiger partial charge on any atom is 0.226 e. The molecule has 0 atom stereocenters. The van der Waals surface area contributed by atoms with Gasteiger partial charge in [-0.3, -0.25) is 4.98 Å². The molecule has 0 aliphatic carbocycles. The summed E-state index contributed by atoms with van der Waals surface area (Å²) in [6.07, 6.45) is 1.66. The number of fused-ring (bicyclic) bond motifs is 3. The van der Waals surface area contributed by atoms with Crippen molar-refractivity contribution in [2.75, 3.05) is 5.73 Å². The van der Waals surface area contributed by atoms with Crippen LogP contribution in [-0.4, -0.2) is 30.2 Å². The summed E-state index contributed by atoms with van der Waals surface area (Å²) >= 11 is 0. The van der Waals surface area contributed by atoms with Crippen LogP contribution in [-0.2, 0) is 0 Å². The van der Waals surface area contributed by atoms with Crippen LogP contribution in [0.3, 0.4) is 0 Å². The molecule has 0 amide bonds. The van der Waals surface area contributed by atoms with Gasteiger partial charge in [0.25, 0.3) is 0 Å². The minimum absolute atomic E-state index is 0.368. The molecule has 2 N–H and O–H groups in total. The van der Waals surface area contributed by atoms with Crippen molar-refractivity contribution in [3.63, 3.8) is 0 Å². The van der Waals surface area contributed by atoms with E-state index in [9.17, 15) is 0 Å². The number of aromatic nitrogens is 6. The second kappa shape index (κ2) is 2.34. The van der Waals surface area contributed by atoms with Crippen LogP contribution in [0.15, 0.2) is 18.3 Å². The van der Waals surface area contributed by atoms with Crippen LogP contribution < -0.4 is 5.73 Å². The standard InChI is InChI=1S/C7H5N7/c8-6-4-2-1-3-9-5(4)7-10-12-13-14(7)11-6/h1-3H,(H2,8,11). The van der Waals surface area contributed by atoms with Crippen LogP contribution in [0.4, 0.5) is 5.82 Å². The number of hydrogen-bond donors (Lipinski definition) is 1. The Morgan fingerprint density at radius 1 is 1.36 bits per heavy atom. The van der Waals surface area contributed by atoms with Gasteiger partial charge in [0.2, 0.25) is 5.65 Å². The van der Waals surface area contributed by atoms with Gasteiger partial charge in [-0.15, -0.1) is 14.8 Å². The molecule has 0 bridgehead atoms. The summed E-state index contributed by atoms with van der Waals surface area (Å²) in [6.45, 7) is 0. The number of nitrogens with two attached hydrogens (primary N) is 1. The van der Waals surface area contributed by atoms with Gasteiger partial charge >= 0.3 is 0 Å². The summed E-state index contributed by atoms with van der Waals surface area (Å²) in [4.78, 5) is 4.16. The molecule has 68 valence electrons. The highest BCUT2D eigenvalue weighted by molar-refractivity contribution is 5.95. The van der Waals surface area contributed by atoms with E-state index in [2.05, 4.69) is 25.6 Å². The molecule has 0 aliphatic heterocycles. The van der Waals surface area contributed by atoms with Gasteiger partial charge in [0.15, 0.2) is 5.82 Å². The van der Waals surface area contributed by atoms with E-state index in [4.69, 9.17) is 5.73 Å². The van der Waals surface area contributed by atoms with Crippen molar-refractivity contribution in [1.29, 1.82) is 0 Å². The molecule has 0 radical (unpaired) electrons. The molecule has 3 heterocycles. The molecule has 0 aromatic carbocycles. The zero-order valence-corrected chi connectivity index (χ0v) is 6.99. The summed E-state index contributed by atoms with van der Waals surface area (Å²) < 4.78 is 1.27. The fraction of sp³-hybridized carbons (Fsp3) is 0. The lowest BCUT2D eigenvalue weighted by molar-refractivity contribution is 0.740. The Bertz CT molecular complexity index is 614. The third-order valence-corrected chi connectivity index (χ3v) is 1.95. The highest BCUT2D eigenvalue weighted by Gasteiger charge is 2.08. The van der Waals surface area contributed by atoms with Crippen LogP contribution in [0.2, 0.25) is 0 Å². The van der Waals surface area contributed by atoms with Gasteiger partial charge in [0.1, 0.15) is 5.52 Å². The predicted molar refractivity (Wildman–Crippen MR) is 48.3 cm³/mol. The molecule has 0 unspecified atom stereocenters. The van der Waals surface area contributed by atoms with Crippen molar-refractivity contribution in [2.45, 2.75) is 0 Å². The van der Waals surface area contributed by atoms with Crippen molar-refractivity contribution in [3.8, 4) is 0 Å². The average molecular weight is 187 g/mol. The van der Waals surface area contributed by atoms with Crippen LogP contribution >= 0.6 is 0 Å². The maximum atomic E-state index is 5.71. The highest BCUT2D eigenvalue weighted by atomic mass is 15.6. The molecule has 0 saturated carbocycles. The maximum absolute atomic E-state index is 5.71. The van der Waals surface area contributed by atoms with E-state index in [0.717, 1.165) is 5.39 Å². The quantitative estimate of drug-likeness (QED) is 0.516. The van der Waals surface area contributed by atoms with Gasteiger partial charge in [0, 0.05) is 11.6 Å². The monoisotopic (exact) mass is 187 g/mol. The smallest absolute Gasteiger partial charge is 0.226 e. The Balaban J connectivity index is 2.67. The van der Waals surface area contributed by atoms with E-state index in [1.807, 2.05) is 6.07 Å². The second-order valence-corrected chi connectivity index (χ2v) is 2.78. The number of rotatable bonds is 0. The Hall–Kier alpha value is -2.31.